The quantitative estimate of drug-likeness (QED) is 0.727. The van der Waals surface area contributed by atoms with Crippen LogP contribution >= 0.6 is 0 Å². The number of nitrogens with one attached hydrogen (secondary N) is 2. The minimum atomic E-state index is 0.0959. The van der Waals surface area contributed by atoms with E-state index in [0.717, 1.165) is 42.2 Å². The zero-order valence-electron chi connectivity index (χ0n) is 14.1. The Morgan fingerprint density at radius 1 is 1.12 bits per heavy atom. The number of rotatable bonds is 6. The smallest absolute Gasteiger partial charge is 0.220 e. The molecule has 0 spiro atoms. The number of carbonyl (C=O) groups excluding carboxylic acids is 1. The van der Waals surface area contributed by atoms with Gasteiger partial charge in [0.25, 0.3) is 0 Å². The lowest BCUT2D eigenvalue weighted by Crippen LogP contribution is -2.48. The fraction of sp³-hybridized carbons (Fsp3) is 0.300. The summed E-state index contributed by atoms with van der Waals surface area (Å²) in [5.74, 6) is 1.60. The molecule has 0 unspecified atom stereocenters. The van der Waals surface area contributed by atoms with Crippen molar-refractivity contribution in [1.29, 1.82) is 0 Å². The zero-order chi connectivity index (χ0) is 17.1. The van der Waals surface area contributed by atoms with Crippen LogP contribution in [0.4, 0.5) is 0 Å². The number of para-hydroxylation sites is 3. The number of fused-ring (bicyclic) bond motifs is 1. The van der Waals surface area contributed by atoms with Crippen molar-refractivity contribution in [3.8, 4) is 5.69 Å². The molecule has 2 aromatic carbocycles. The maximum absolute atomic E-state index is 12.2. The van der Waals surface area contributed by atoms with Crippen molar-refractivity contribution in [1.82, 2.24) is 20.2 Å². The van der Waals surface area contributed by atoms with Gasteiger partial charge in [0.15, 0.2) is 0 Å². The molecule has 4 rings (SSSR count). The Morgan fingerprint density at radius 2 is 1.88 bits per heavy atom. The highest BCUT2D eigenvalue weighted by Crippen LogP contribution is 2.22. The maximum atomic E-state index is 12.2. The van der Waals surface area contributed by atoms with E-state index in [4.69, 9.17) is 4.98 Å². The topological polar surface area (TPSA) is 59.0 Å². The van der Waals surface area contributed by atoms with Crippen molar-refractivity contribution < 1.29 is 4.79 Å². The van der Waals surface area contributed by atoms with Gasteiger partial charge in [0, 0.05) is 44.1 Å². The zero-order valence-corrected chi connectivity index (χ0v) is 14.1. The molecule has 2 N–H and O–H groups in total. The summed E-state index contributed by atoms with van der Waals surface area (Å²) in [5, 5.41) is 6.25. The van der Waals surface area contributed by atoms with Gasteiger partial charge in [-0.15, -0.1) is 0 Å². The molecular formula is C20H22N4O. The third-order valence-electron chi connectivity index (χ3n) is 4.67. The van der Waals surface area contributed by atoms with Gasteiger partial charge in [0.05, 0.1) is 11.0 Å². The largest absolute Gasteiger partial charge is 0.356 e. The molecule has 1 aromatic heterocycles. The number of amides is 1. The predicted octanol–water partition coefficient (Wildman–Crippen LogP) is 2.29. The van der Waals surface area contributed by atoms with E-state index in [9.17, 15) is 4.79 Å². The molecule has 5 nitrogen and oxygen atoms in total. The molecule has 0 aliphatic carbocycles. The van der Waals surface area contributed by atoms with Gasteiger partial charge >= 0.3 is 0 Å². The van der Waals surface area contributed by atoms with E-state index in [1.165, 1.54) is 0 Å². The first kappa shape index (κ1) is 15.8. The second kappa shape index (κ2) is 7.07. The van der Waals surface area contributed by atoms with Gasteiger partial charge in [0.2, 0.25) is 5.91 Å². The standard InChI is InChI=1S/C20H22N4O/c25-20(22-14-15-12-21-13-15)11-10-19-23-17-8-4-5-9-18(17)24(19)16-6-2-1-3-7-16/h1-9,15,21H,10-14H2,(H,22,25). The van der Waals surface area contributed by atoms with Gasteiger partial charge in [-0.25, -0.2) is 4.98 Å². The molecule has 25 heavy (non-hydrogen) atoms. The summed E-state index contributed by atoms with van der Waals surface area (Å²) in [4.78, 5) is 16.9. The highest BCUT2D eigenvalue weighted by molar-refractivity contribution is 5.79. The van der Waals surface area contributed by atoms with E-state index in [1.54, 1.807) is 0 Å². The third kappa shape index (κ3) is 3.42. The first-order valence-electron chi connectivity index (χ1n) is 8.80. The van der Waals surface area contributed by atoms with Crippen LogP contribution < -0.4 is 10.6 Å². The van der Waals surface area contributed by atoms with Crippen molar-refractivity contribution in [2.45, 2.75) is 12.8 Å². The molecule has 3 aromatic rings. The lowest BCUT2D eigenvalue weighted by molar-refractivity contribution is -0.121. The lowest BCUT2D eigenvalue weighted by atomic mass is 10.0. The Balaban J connectivity index is 1.53. The number of nitrogens with zero attached hydrogens (tertiary/aromatic N) is 2. The van der Waals surface area contributed by atoms with Crippen molar-refractivity contribution in [2.24, 2.45) is 5.92 Å². The second-order valence-corrected chi connectivity index (χ2v) is 6.52. The van der Waals surface area contributed by atoms with Crippen molar-refractivity contribution in [3.63, 3.8) is 0 Å². The summed E-state index contributed by atoms with van der Waals surface area (Å²) in [6, 6.07) is 18.3. The molecule has 1 saturated heterocycles. The van der Waals surface area contributed by atoms with E-state index in [0.29, 0.717) is 18.8 Å². The van der Waals surface area contributed by atoms with Crippen LogP contribution in [-0.4, -0.2) is 35.1 Å². The second-order valence-electron chi connectivity index (χ2n) is 6.52. The molecule has 0 atom stereocenters. The van der Waals surface area contributed by atoms with E-state index >= 15 is 0 Å². The van der Waals surface area contributed by atoms with E-state index in [1.807, 2.05) is 36.4 Å². The SMILES string of the molecule is O=C(CCc1nc2ccccc2n1-c1ccccc1)NCC1CNC1. The van der Waals surface area contributed by atoms with Crippen LogP contribution in [-0.2, 0) is 11.2 Å². The maximum Gasteiger partial charge on any atom is 0.220 e. The summed E-state index contributed by atoms with van der Waals surface area (Å²) in [7, 11) is 0. The summed E-state index contributed by atoms with van der Waals surface area (Å²) in [6.45, 7) is 2.77. The number of imidazole rings is 1. The number of hydrogen-bond acceptors (Lipinski definition) is 3. The number of aryl methyl sites for hydroxylation is 1. The summed E-state index contributed by atoms with van der Waals surface area (Å²) in [5.41, 5.74) is 3.11. The monoisotopic (exact) mass is 334 g/mol. The van der Waals surface area contributed by atoms with Crippen LogP contribution in [0.25, 0.3) is 16.7 Å². The van der Waals surface area contributed by atoms with Crippen molar-refractivity contribution in [3.05, 3.63) is 60.4 Å². The summed E-state index contributed by atoms with van der Waals surface area (Å²) >= 11 is 0. The normalized spacial score (nSPS) is 14.4. The first-order valence-corrected chi connectivity index (χ1v) is 8.80. The van der Waals surface area contributed by atoms with Gasteiger partial charge in [-0.2, -0.15) is 0 Å². The number of carbonyl (C=O) groups is 1. The average molecular weight is 334 g/mol. The Kier molecular flexibility index (Phi) is 4.48. The third-order valence-corrected chi connectivity index (χ3v) is 4.67. The first-order chi connectivity index (χ1) is 12.3. The van der Waals surface area contributed by atoms with Crippen molar-refractivity contribution in [2.75, 3.05) is 19.6 Å². The summed E-state index contributed by atoms with van der Waals surface area (Å²) < 4.78 is 2.15. The van der Waals surface area contributed by atoms with E-state index in [-0.39, 0.29) is 5.91 Å². The Morgan fingerprint density at radius 3 is 2.64 bits per heavy atom. The number of aromatic nitrogens is 2. The molecule has 0 saturated carbocycles. The Hall–Kier alpha value is -2.66. The molecule has 5 heteroatoms. The van der Waals surface area contributed by atoms with E-state index in [2.05, 4.69) is 33.4 Å². The van der Waals surface area contributed by atoms with E-state index < -0.39 is 0 Å². The fourth-order valence-electron chi connectivity index (χ4n) is 3.17. The van der Waals surface area contributed by atoms with Crippen LogP contribution in [0.1, 0.15) is 12.2 Å². The van der Waals surface area contributed by atoms with Gasteiger partial charge in [-0.1, -0.05) is 30.3 Å². The van der Waals surface area contributed by atoms with Gasteiger partial charge in [-0.05, 0) is 24.3 Å². The Bertz CT molecular complexity index is 868. The molecule has 1 aliphatic heterocycles. The molecule has 1 amide bonds. The molecule has 1 aliphatic rings. The molecule has 0 radical (unpaired) electrons. The minimum absolute atomic E-state index is 0.0959. The van der Waals surface area contributed by atoms with Gasteiger partial charge in [-0.3, -0.25) is 9.36 Å². The minimum Gasteiger partial charge on any atom is -0.356 e. The molecule has 1 fully saturated rings. The predicted molar refractivity (Wildman–Crippen MR) is 98.8 cm³/mol. The average Bonchev–Trinajstić information content (AvgIpc) is 2.98. The molecular weight excluding hydrogens is 312 g/mol. The summed E-state index contributed by atoms with van der Waals surface area (Å²) in [6.07, 6.45) is 1.08. The van der Waals surface area contributed by atoms with Crippen molar-refractivity contribution >= 4 is 16.9 Å². The van der Waals surface area contributed by atoms with Crippen LogP contribution in [0.2, 0.25) is 0 Å². The van der Waals surface area contributed by atoms with Crippen LogP contribution in [0.3, 0.4) is 0 Å². The highest BCUT2D eigenvalue weighted by atomic mass is 16.1. The lowest BCUT2D eigenvalue weighted by Gasteiger charge is -2.27. The van der Waals surface area contributed by atoms with Crippen LogP contribution in [0.5, 0.6) is 0 Å². The fourth-order valence-corrected chi connectivity index (χ4v) is 3.17. The highest BCUT2D eigenvalue weighted by Gasteiger charge is 2.18. The Labute approximate surface area is 147 Å². The molecule has 2 heterocycles. The molecule has 0 bridgehead atoms. The number of hydrogen-bond donors (Lipinski definition) is 2. The van der Waals surface area contributed by atoms with Crippen LogP contribution in [0.15, 0.2) is 54.6 Å². The van der Waals surface area contributed by atoms with Crippen LogP contribution in [0, 0.1) is 5.92 Å². The number of benzene rings is 2. The van der Waals surface area contributed by atoms with Gasteiger partial charge in [0.1, 0.15) is 5.82 Å². The van der Waals surface area contributed by atoms with Gasteiger partial charge < -0.3 is 10.6 Å². The molecule has 128 valence electrons.